The molecule has 0 N–H and O–H groups in total. The summed E-state index contributed by atoms with van der Waals surface area (Å²) in [6, 6.07) is 14.1. The van der Waals surface area contributed by atoms with Gasteiger partial charge in [-0.3, -0.25) is 9.69 Å². The Morgan fingerprint density at radius 3 is 2.40 bits per heavy atom. The van der Waals surface area contributed by atoms with Gasteiger partial charge >= 0.3 is 0 Å². The van der Waals surface area contributed by atoms with E-state index in [0.29, 0.717) is 6.04 Å². The van der Waals surface area contributed by atoms with Crippen LogP contribution in [0.2, 0.25) is 0 Å². The Morgan fingerprint density at radius 1 is 1.10 bits per heavy atom. The number of piperidine rings is 1. The maximum atomic E-state index is 12.7. The zero-order valence-corrected chi connectivity index (χ0v) is 19.7. The Kier molecular flexibility index (Phi) is 8.16. The molecule has 1 heterocycles. The second kappa shape index (κ2) is 10.8. The fourth-order valence-electron chi connectivity index (χ4n) is 4.15. The number of nitrogens with zero attached hydrogens (tertiary/aromatic N) is 2. The van der Waals surface area contributed by atoms with Crippen molar-refractivity contribution in [1.82, 2.24) is 9.80 Å². The van der Waals surface area contributed by atoms with Crippen molar-refractivity contribution in [1.29, 1.82) is 0 Å². The summed E-state index contributed by atoms with van der Waals surface area (Å²) in [5, 5.41) is 0. The third kappa shape index (κ3) is 5.16. The van der Waals surface area contributed by atoms with Crippen LogP contribution in [-0.2, 0) is 6.54 Å². The highest BCUT2D eigenvalue weighted by atomic mass is 79.9. The van der Waals surface area contributed by atoms with Gasteiger partial charge in [-0.05, 0) is 65.5 Å². The number of likely N-dealkylation sites (tertiary alicyclic amines) is 1. The molecule has 0 atom stereocenters. The molecule has 0 spiro atoms. The maximum Gasteiger partial charge on any atom is 0.253 e. The molecule has 2 aromatic rings. The lowest BCUT2D eigenvalue weighted by Crippen LogP contribution is -2.46. The number of carbonyl (C=O) groups excluding carboxylic acids is 1. The smallest absolute Gasteiger partial charge is 0.253 e. The van der Waals surface area contributed by atoms with E-state index in [1.54, 1.807) is 14.2 Å². The second-order valence-electron chi connectivity index (χ2n) is 7.63. The van der Waals surface area contributed by atoms with E-state index in [1.165, 1.54) is 5.56 Å². The average Bonchev–Trinajstić information content (AvgIpc) is 2.80. The molecule has 3 rings (SSSR count). The first-order valence-corrected chi connectivity index (χ1v) is 11.4. The molecule has 1 aliphatic rings. The summed E-state index contributed by atoms with van der Waals surface area (Å²) in [4.78, 5) is 17.3. The quantitative estimate of drug-likeness (QED) is 0.540. The van der Waals surface area contributed by atoms with Gasteiger partial charge in [0.05, 0.1) is 18.7 Å². The Bertz CT molecular complexity index is 836. The van der Waals surface area contributed by atoms with Crippen molar-refractivity contribution in [2.45, 2.75) is 38.8 Å². The van der Waals surface area contributed by atoms with Gasteiger partial charge in [-0.15, -0.1) is 0 Å². The number of rotatable bonds is 8. The van der Waals surface area contributed by atoms with Gasteiger partial charge in [0.25, 0.3) is 5.91 Å². The summed E-state index contributed by atoms with van der Waals surface area (Å²) >= 11 is 3.71. The molecule has 1 fully saturated rings. The van der Waals surface area contributed by atoms with Crippen LogP contribution >= 0.6 is 15.9 Å². The molecule has 0 radical (unpaired) electrons. The number of hydrogen-bond acceptors (Lipinski definition) is 4. The first-order valence-electron chi connectivity index (χ1n) is 10.6. The molecule has 0 aliphatic carbocycles. The average molecular weight is 475 g/mol. The lowest BCUT2D eigenvalue weighted by molar-refractivity contribution is 0.0607. The van der Waals surface area contributed by atoms with Crippen LogP contribution in [0.3, 0.4) is 0 Å². The topological polar surface area (TPSA) is 42.0 Å². The summed E-state index contributed by atoms with van der Waals surface area (Å²) < 4.78 is 11.9. The highest BCUT2D eigenvalue weighted by Gasteiger charge is 2.28. The van der Waals surface area contributed by atoms with Crippen LogP contribution in [0.25, 0.3) is 0 Å². The Hall–Kier alpha value is -2.05. The van der Waals surface area contributed by atoms with Crippen LogP contribution in [0.4, 0.5) is 0 Å². The van der Waals surface area contributed by atoms with Crippen LogP contribution in [0.1, 0.15) is 42.1 Å². The fraction of sp³-hybridized carbons (Fsp3) is 0.458. The molecule has 0 unspecified atom stereocenters. The number of benzene rings is 2. The van der Waals surface area contributed by atoms with Gasteiger partial charge in [-0.1, -0.05) is 31.2 Å². The molecule has 0 saturated carbocycles. The molecule has 6 heteroatoms. The van der Waals surface area contributed by atoms with Crippen LogP contribution in [0, 0.1) is 0 Å². The lowest BCUT2D eigenvalue weighted by atomic mass is 10.0. The van der Waals surface area contributed by atoms with Crippen LogP contribution in [-0.4, -0.2) is 55.6 Å². The van der Waals surface area contributed by atoms with E-state index in [4.69, 9.17) is 9.47 Å². The highest BCUT2D eigenvalue weighted by Crippen LogP contribution is 2.38. The van der Waals surface area contributed by atoms with Gasteiger partial charge in [0.2, 0.25) is 0 Å². The Labute approximate surface area is 188 Å². The van der Waals surface area contributed by atoms with Crippen molar-refractivity contribution in [2.24, 2.45) is 0 Å². The van der Waals surface area contributed by atoms with Gasteiger partial charge < -0.3 is 14.4 Å². The molecule has 30 heavy (non-hydrogen) atoms. The second-order valence-corrected chi connectivity index (χ2v) is 8.43. The molecule has 1 amide bonds. The number of methoxy groups -OCH3 is 2. The van der Waals surface area contributed by atoms with E-state index in [1.807, 2.05) is 41.3 Å². The Morgan fingerprint density at radius 2 is 1.80 bits per heavy atom. The van der Waals surface area contributed by atoms with Gasteiger partial charge in [0, 0.05) is 31.2 Å². The standard InChI is InChI=1S/C24H31BrN2O3/c1-4-14-27(17-19-10-11-21(29-2)23(30-3)22(19)25)20-12-15-26(16-13-20)24(28)18-8-6-5-7-9-18/h5-11,20H,4,12-17H2,1-3H3. The predicted octanol–water partition coefficient (Wildman–Crippen LogP) is 4.98. The SMILES string of the molecule is CCCN(Cc1ccc(OC)c(OC)c1Br)C1CCN(C(=O)c2ccccc2)CC1. The monoisotopic (exact) mass is 474 g/mol. The van der Waals surface area contributed by atoms with Gasteiger partial charge in [-0.25, -0.2) is 0 Å². The van der Waals surface area contributed by atoms with Crippen LogP contribution < -0.4 is 9.47 Å². The largest absolute Gasteiger partial charge is 0.493 e. The highest BCUT2D eigenvalue weighted by molar-refractivity contribution is 9.10. The number of amides is 1. The molecule has 2 aromatic carbocycles. The molecular formula is C24H31BrN2O3. The lowest BCUT2D eigenvalue weighted by Gasteiger charge is -2.39. The van der Waals surface area contributed by atoms with Crippen molar-refractivity contribution in [2.75, 3.05) is 33.9 Å². The molecular weight excluding hydrogens is 444 g/mol. The van der Waals surface area contributed by atoms with Crippen molar-refractivity contribution in [3.05, 3.63) is 58.1 Å². The van der Waals surface area contributed by atoms with Gasteiger partial charge in [-0.2, -0.15) is 0 Å². The van der Waals surface area contributed by atoms with E-state index in [2.05, 4.69) is 33.8 Å². The molecule has 1 aliphatic heterocycles. The summed E-state index contributed by atoms with van der Waals surface area (Å²) in [6.45, 7) is 5.67. The minimum absolute atomic E-state index is 0.138. The molecule has 162 valence electrons. The number of halogens is 1. The van der Waals surface area contributed by atoms with Gasteiger partial charge in [0.1, 0.15) is 0 Å². The van der Waals surface area contributed by atoms with E-state index >= 15 is 0 Å². The van der Waals surface area contributed by atoms with E-state index < -0.39 is 0 Å². The fourth-order valence-corrected chi connectivity index (χ4v) is 4.76. The van der Waals surface area contributed by atoms with Crippen LogP contribution in [0.15, 0.2) is 46.9 Å². The minimum atomic E-state index is 0.138. The number of ether oxygens (including phenoxy) is 2. The zero-order chi connectivity index (χ0) is 21.5. The minimum Gasteiger partial charge on any atom is -0.493 e. The molecule has 5 nitrogen and oxygen atoms in total. The molecule has 1 saturated heterocycles. The number of hydrogen-bond donors (Lipinski definition) is 0. The first-order chi connectivity index (χ1) is 14.6. The number of carbonyl (C=O) groups is 1. The predicted molar refractivity (Wildman–Crippen MR) is 123 cm³/mol. The first kappa shape index (κ1) is 22.6. The molecule has 0 aromatic heterocycles. The van der Waals surface area contributed by atoms with E-state index in [-0.39, 0.29) is 5.91 Å². The van der Waals surface area contributed by atoms with E-state index in [9.17, 15) is 4.79 Å². The zero-order valence-electron chi connectivity index (χ0n) is 18.1. The maximum absolute atomic E-state index is 12.7. The van der Waals surface area contributed by atoms with Crippen molar-refractivity contribution in [3.63, 3.8) is 0 Å². The Balaban J connectivity index is 1.67. The van der Waals surface area contributed by atoms with Crippen molar-refractivity contribution < 1.29 is 14.3 Å². The summed E-state index contributed by atoms with van der Waals surface area (Å²) in [7, 11) is 3.31. The van der Waals surface area contributed by atoms with Crippen molar-refractivity contribution in [3.8, 4) is 11.5 Å². The summed E-state index contributed by atoms with van der Waals surface area (Å²) in [5.74, 6) is 1.59. The van der Waals surface area contributed by atoms with Crippen molar-refractivity contribution >= 4 is 21.8 Å². The summed E-state index contributed by atoms with van der Waals surface area (Å²) in [5.41, 5.74) is 1.96. The van der Waals surface area contributed by atoms with Crippen LogP contribution in [0.5, 0.6) is 11.5 Å². The third-order valence-corrected chi connectivity index (χ3v) is 6.61. The molecule has 0 bridgehead atoms. The van der Waals surface area contributed by atoms with E-state index in [0.717, 1.165) is 67.0 Å². The van der Waals surface area contributed by atoms with Gasteiger partial charge in [0.15, 0.2) is 11.5 Å². The third-order valence-electron chi connectivity index (χ3n) is 5.74. The summed E-state index contributed by atoms with van der Waals surface area (Å²) in [6.07, 6.45) is 3.07. The normalized spacial score (nSPS) is 14.8.